The van der Waals surface area contributed by atoms with Crippen LogP contribution in [0.25, 0.3) is 10.9 Å². The molecule has 0 spiro atoms. The van der Waals surface area contributed by atoms with Gasteiger partial charge in [0, 0.05) is 41.2 Å². The van der Waals surface area contributed by atoms with Gasteiger partial charge in [-0.25, -0.2) is 0 Å². The second kappa shape index (κ2) is 5.67. The van der Waals surface area contributed by atoms with Gasteiger partial charge in [-0.15, -0.1) is 0 Å². The molecule has 0 aliphatic rings. The molecule has 4 heteroatoms. The van der Waals surface area contributed by atoms with Crippen molar-refractivity contribution in [2.45, 2.75) is 6.54 Å². The standard InChI is InChI=1S/C13H18BrN3/c1-15-5-6-17(2)9-10-8-16-13-4-3-11(14)7-12(10)13/h3-4,7-8,15-16H,5-6,9H2,1-2H3. The molecule has 0 bridgehead atoms. The van der Waals surface area contributed by atoms with Crippen molar-refractivity contribution < 1.29 is 0 Å². The lowest BCUT2D eigenvalue weighted by molar-refractivity contribution is 0.329. The number of benzene rings is 1. The van der Waals surface area contributed by atoms with Crippen LogP contribution in [-0.4, -0.2) is 37.1 Å². The molecular weight excluding hydrogens is 278 g/mol. The number of fused-ring (bicyclic) bond motifs is 1. The van der Waals surface area contributed by atoms with Gasteiger partial charge >= 0.3 is 0 Å². The van der Waals surface area contributed by atoms with Crippen molar-refractivity contribution in [2.75, 3.05) is 27.2 Å². The molecule has 0 unspecified atom stereocenters. The molecule has 3 nitrogen and oxygen atoms in total. The summed E-state index contributed by atoms with van der Waals surface area (Å²) in [5.74, 6) is 0. The van der Waals surface area contributed by atoms with E-state index < -0.39 is 0 Å². The topological polar surface area (TPSA) is 31.1 Å². The molecular formula is C13H18BrN3. The Morgan fingerprint density at radius 3 is 3.00 bits per heavy atom. The maximum Gasteiger partial charge on any atom is 0.0458 e. The third-order valence-electron chi connectivity index (χ3n) is 2.91. The van der Waals surface area contributed by atoms with E-state index in [4.69, 9.17) is 0 Å². The molecule has 2 N–H and O–H groups in total. The van der Waals surface area contributed by atoms with Gasteiger partial charge in [0.1, 0.15) is 0 Å². The highest BCUT2D eigenvalue weighted by molar-refractivity contribution is 9.10. The molecule has 0 saturated carbocycles. The Morgan fingerprint density at radius 2 is 2.24 bits per heavy atom. The number of aromatic amines is 1. The minimum atomic E-state index is 0.970. The Labute approximate surface area is 110 Å². The third kappa shape index (κ3) is 3.09. The van der Waals surface area contributed by atoms with Gasteiger partial charge in [-0.2, -0.15) is 0 Å². The first kappa shape index (κ1) is 12.6. The first-order valence-electron chi connectivity index (χ1n) is 5.79. The quantitative estimate of drug-likeness (QED) is 0.888. The zero-order valence-corrected chi connectivity index (χ0v) is 11.8. The van der Waals surface area contributed by atoms with E-state index in [1.54, 1.807) is 0 Å². The lowest BCUT2D eigenvalue weighted by atomic mass is 10.1. The number of rotatable bonds is 5. The summed E-state index contributed by atoms with van der Waals surface area (Å²) >= 11 is 3.52. The molecule has 0 aliphatic heterocycles. The van der Waals surface area contributed by atoms with Crippen LogP contribution in [0.15, 0.2) is 28.9 Å². The molecule has 2 rings (SSSR count). The summed E-state index contributed by atoms with van der Waals surface area (Å²) < 4.78 is 1.13. The van der Waals surface area contributed by atoms with Crippen molar-refractivity contribution in [3.8, 4) is 0 Å². The van der Waals surface area contributed by atoms with Crippen LogP contribution in [0, 0.1) is 0 Å². The Kier molecular flexibility index (Phi) is 4.20. The van der Waals surface area contributed by atoms with Gasteiger partial charge in [0.25, 0.3) is 0 Å². The number of hydrogen-bond donors (Lipinski definition) is 2. The van der Waals surface area contributed by atoms with Gasteiger partial charge < -0.3 is 15.2 Å². The molecule has 0 atom stereocenters. The number of nitrogens with zero attached hydrogens (tertiary/aromatic N) is 1. The zero-order valence-electron chi connectivity index (χ0n) is 10.3. The average molecular weight is 296 g/mol. The predicted octanol–water partition coefficient (Wildman–Crippen LogP) is 2.58. The fourth-order valence-electron chi connectivity index (χ4n) is 1.95. The monoisotopic (exact) mass is 295 g/mol. The first-order chi connectivity index (χ1) is 8.20. The SMILES string of the molecule is CNCCN(C)Cc1c[nH]c2ccc(Br)cc12. The molecule has 0 radical (unpaired) electrons. The van der Waals surface area contributed by atoms with E-state index in [0.717, 1.165) is 24.1 Å². The number of nitrogens with one attached hydrogen (secondary N) is 2. The highest BCUT2D eigenvalue weighted by Gasteiger charge is 2.06. The lowest BCUT2D eigenvalue weighted by Gasteiger charge is -2.15. The fourth-order valence-corrected chi connectivity index (χ4v) is 2.32. The molecule has 1 aromatic heterocycles. The van der Waals surface area contributed by atoms with E-state index in [-0.39, 0.29) is 0 Å². The molecule has 2 aromatic rings. The summed E-state index contributed by atoms with van der Waals surface area (Å²) in [4.78, 5) is 5.63. The minimum Gasteiger partial charge on any atom is -0.361 e. The van der Waals surface area contributed by atoms with Crippen molar-refractivity contribution in [3.63, 3.8) is 0 Å². The summed E-state index contributed by atoms with van der Waals surface area (Å²) in [5, 5.41) is 4.47. The van der Waals surface area contributed by atoms with E-state index in [1.807, 2.05) is 7.05 Å². The largest absolute Gasteiger partial charge is 0.361 e. The van der Waals surface area contributed by atoms with E-state index in [0.29, 0.717) is 0 Å². The fraction of sp³-hybridized carbons (Fsp3) is 0.385. The zero-order chi connectivity index (χ0) is 12.3. The number of likely N-dealkylation sites (N-methyl/N-ethyl adjacent to an activating group) is 2. The summed E-state index contributed by atoms with van der Waals surface area (Å²) in [6.07, 6.45) is 2.10. The Morgan fingerprint density at radius 1 is 1.41 bits per heavy atom. The van der Waals surface area contributed by atoms with Gasteiger partial charge in [0.2, 0.25) is 0 Å². The maximum absolute atomic E-state index is 3.52. The van der Waals surface area contributed by atoms with Crippen LogP contribution in [0.2, 0.25) is 0 Å². The van der Waals surface area contributed by atoms with Crippen LogP contribution in [0.5, 0.6) is 0 Å². The van der Waals surface area contributed by atoms with Crippen molar-refractivity contribution in [1.29, 1.82) is 0 Å². The van der Waals surface area contributed by atoms with Crippen LogP contribution in [0.4, 0.5) is 0 Å². The van der Waals surface area contributed by atoms with E-state index >= 15 is 0 Å². The van der Waals surface area contributed by atoms with Crippen molar-refractivity contribution in [1.82, 2.24) is 15.2 Å². The van der Waals surface area contributed by atoms with Crippen LogP contribution < -0.4 is 5.32 Å². The number of H-pyrrole nitrogens is 1. The molecule has 1 aromatic carbocycles. The predicted molar refractivity (Wildman–Crippen MR) is 76.3 cm³/mol. The molecule has 17 heavy (non-hydrogen) atoms. The highest BCUT2D eigenvalue weighted by Crippen LogP contribution is 2.23. The first-order valence-corrected chi connectivity index (χ1v) is 6.58. The second-order valence-corrected chi connectivity index (χ2v) is 5.26. The summed E-state index contributed by atoms with van der Waals surface area (Å²) in [7, 11) is 4.13. The minimum absolute atomic E-state index is 0.970. The highest BCUT2D eigenvalue weighted by atomic mass is 79.9. The van der Waals surface area contributed by atoms with E-state index in [9.17, 15) is 0 Å². The summed E-state index contributed by atoms with van der Waals surface area (Å²) in [6.45, 7) is 3.04. The van der Waals surface area contributed by atoms with Gasteiger partial charge in [0.15, 0.2) is 0 Å². The van der Waals surface area contributed by atoms with Crippen molar-refractivity contribution in [3.05, 3.63) is 34.4 Å². The van der Waals surface area contributed by atoms with Crippen LogP contribution >= 0.6 is 15.9 Å². The Bertz CT molecular complexity index is 492. The van der Waals surface area contributed by atoms with E-state index in [1.165, 1.54) is 16.5 Å². The Balaban J connectivity index is 2.15. The Hall–Kier alpha value is -0.840. The van der Waals surface area contributed by atoms with Crippen LogP contribution in [-0.2, 0) is 6.54 Å². The molecule has 0 aliphatic carbocycles. The van der Waals surface area contributed by atoms with Gasteiger partial charge in [-0.05, 0) is 37.9 Å². The lowest BCUT2D eigenvalue weighted by Crippen LogP contribution is -2.26. The number of aromatic nitrogens is 1. The van der Waals surface area contributed by atoms with Gasteiger partial charge in [-0.3, -0.25) is 0 Å². The van der Waals surface area contributed by atoms with Gasteiger partial charge in [-0.1, -0.05) is 15.9 Å². The van der Waals surface area contributed by atoms with Crippen molar-refractivity contribution >= 4 is 26.8 Å². The number of hydrogen-bond acceptors (Lipinski definition) is 2. The van der Waals surface area contributed by atoms with Crippen molar-refractivity contribution in [2.24, 2.45) is 0 Å². The third-order valence-corrected chi connectivity index (χ3v) is 3.41. The number of halogens is 1. The van der Waals surface area contributed by atoms with Crippen LogP contribution in [0.3, 0.4) is 0 Å². The normalized spacial score (nSPS) is 11.5. The molecule has 92 valence electrons. The van der Waals surface area contributed by atoms with Gasteiger partial charge in [0.05, 0.1) is 0 Å². The summed E-state index contributed by atoms with van der Waals surface area (Å²) in [5.41, 5.74) is 2.55. The summed E-state index contributed by atoms with van der Waals surface area (Å²) in [6, 6.07) is 6.34. The molecule has 1 heterocycles. The second-order valence-electron chi connectivity index (χ2n) is 4.35. The molecule has 0 saturated heterocycles. The van der Waals surface area contributed by atoms with Crippen LogP contribution in [0.1, 0.15) is 5.56 Å². The van der Waals surface area contributed by atoms with E-state index in [2.05, 4.69) is 62.6 Å². The maximum atomic E-state index is 3.52. The molecule has 0 amide bonds. The molecule has 0 fully saturated rings. The average Bonchev–Trinajstić information content (AvgIpc) is 2.69. The smallest absolute Gasteiger partial charge is 0.0458 e.